The van der Waals surface area contributed by atoms with Crippen molar-refractivity contribution in [3.05, 3.63) is 22.4 Å². The maximum atomic E-state index is 9.76. The average Bonchev–Trinajstić information content (AvgIpc) is 2.45. The van der Waals surface area contributed by atoms with Gasteiger partial charge in [-0.15, -0.1) is 0 Å². The first-order valence-electron chi connectivity index (χ1n) is 4.74. The molecule has 0 radical (unpaired) electrons. The molecule has 1 heterocycles. The van der Waals surface area contributed by atoms with E-state index in [1.807, 2.05) is 12.3 Å². The highest BCUT2D eigenvalue weighted by atomic mass is 79.9. The largest absolute Gasteiger partial charge is 0.387 e. The predicted octanol–water partition coefficient (Wildman–Crippen LogP) is 2.21. The second kappa shape index (κ2) is 4.47. The van der Waals surface area contributed by atoms with Crippen molar-refractivity contribution in [3.63, 3.8) is 0 Å². The van der Waals surface area contributed by atoms with Crippen molar-refractivity contribution >= 4 is 15.9 Å². The van der Waals surface area contributed by atoms with Gasteiger partial charge < -0.3 is 15.4 Å². The predicted molar refractivity (Wildman–Crippen MR) is 61.1 cm³/mol. The van der Waals surface area contributed by atoms with Gasteiger partial charge in [0, 0.05) is 23.8 Å². The van der Waals surface area contributed by atoms with E-state index in [0.717, 1.165) is 10.2 Å². The maximum Gasteiger partial charge on any atom is 0.0953 e. The second-order valence-electron chi connectivity index (χ2n) is 3.90. The van der Waals surface area contributed by atoms with Crippen LogP contribution in [0.3, 0.4) is 0 Å². The van der Waals surface area contributed by atoms with Gasteiger partial charge in [-0.1, -0.05) is 0 Å². The van der Waals surface area contributed by atoms with Crippen LogP contribution >= 0.6 is 15.9 Å². The van der Waals surface area contributed by atoms with Crippen molar-refractivity contribution in [2.75, 3.05) is 0 Å². The minimum atomic E-state index is -0.591. The Bertz CT molecular complexity index is 307. The number of aromatic nitrogens is 1. The van der Waals surface area contributed by atoms with Crippen molar-refractivity contribution in [2.45, 2.75) is 39.0 Å². The Morgan fingerprint density at radius 2 is 2.00 bits per heavy atom. The Kier molecular flexibility index (Phi) is 3.75. The van der Waals surface area contributed by atoms with Gasteiger partial charge >= 0.3 is 0 Å². The Morgan fingerprint density at radius 3 is 2.36 bits per heavy atom. The Balaban J connectivity index is 2.96. The SMILES string of the molecule is CC(N)C(O)c1cc(Br)n(C(C)C)c1. The van der Waals surface area contributed by atoms with Gasteiger partial charge in [0.05, 0.1) is 10.7 Å². The summed E-state index contributed by atoms with van der Waals surface area (Å²) < 4.78 is 3.03. The van der Waals surface area contributed by atoms with Crippen LogP contribution in [0, 0.1) is 0 Å². The van der Waals surface area contributed by atoms with Crippen LogP contribution in [0.2, 0.25) is 0 Å². The van der Waals surface area contributed by atoms with Crippen molar-refractivity contribution in [3.8, 4) is 0 Å². The zero-order chi connectivity index (χ0) is 10.9. The van der Waals surface area contributed by atoms with Crippen LogP contribution in [0.15, 0.2) is 16.9 Å². The van der Waals surface area contributed by atoms with Crippen LogP contribution in [-0.2, 0) is 0 Å². The van der Waals surface area contributed by atoms with E-state index in [-0.39, 0.29) is 6.04 Å². The van der Waals surface area contributed by atoms with E-state index >= 15 is 0 Å². The summed E-state index contributed by atoms with van der Waals surface area (Å²) in [6, 6.07) is 2.04. The van der Waals surface area contributed by atoms with Crippen LogP contribution in [-0.4, -0.2) is 15.7 Å². The molecule has 1 aromatic rings. The summed E-state index contributed by atoms with van der Waals surface area (Å²) >= 11 is 3.45. The zero-order valence-corrected chi connectivity index (χ0v) is 10.3. The maximum absolute atomic E-state index is 9.76. The number of halogens is 1. The summed E-state index contributed by atoms with van der Waals surface area (Å²) in [5.74, 6) is 0. The molecule has 0 fully saturated rings. The van der Waals surface area contributed by atoms with E-state index in [1.165, 1.54) is 0 Å². The topological polar surface area (TPSA) is 51.2 Å². The lowest BCUT2D eigenvalue weighted by molar-refractivity contribution is 0.153. The highest BCUT2D eigenvalue weighted by Gasteiger charge is 2.16. The van der Waals surface area contributed by atoms with Gasteiger partial charge in [-0.05, 0) is 42.8 Å². The molecule has 0 saturated heterocycles. The molecule has 1 rings (SSSR count). The number of nitrogens with zero attached hydrogens (tertiary/aromatic N) is 1. The molecule has 14 heavy (non-hydrogen) atoms. The van der Waals surface area contributed by atoms with Gasteiger partial charge in [0.2, 0.25) is 0 Å². The molecule has 2 atom stereocenters. The van der Waals surface area contributed by atoms with E-state index in [2.05, 4.69) is 34.3 Å². The van der Waals surface area contributed by atoms with E-state index in [1.54, 1.807) is 6.92 Å². The Morgan fingerprint density at radius 1 is 1.43 bits per heavy atom. The summed E-state index contributed by atoms with van der Waals surface area (Å²) in [6.45, 7) is 5.98. The lowest BCUT2D eigenvalue weighted by Crippen LogP contribution is -2.24. The fourth-order valence-electron chi connectivity index (χ4n) is 1.33. The minimum Gasteiger partial charge on any atom is -0.387 e. The lowest BCUT2D eigenvalue weighted by Gasteiger charge is -2.12. The zero-order valence-electron chi connectivity index (χ0n) is 8.74. The van der Waals surface area contributed by atoms with Gasteiger partial charge in [-0.3, -0.25) is 0 Å². The summed E-state index contributed by atoms with van der Waals surface area (Å²) in [4.78, 5) is 0. The molecule has 80 valence electrons. The fourth-order valence-corrected chi connectivity index (χ4v) is 2.11. The molecular weight excluding hydrogens is 244 g/mol. The van der Waals surface area contributed by atoms with Crippen LogP contribution < -0.4 is 5.73 Å². The van der Waals surface area contributed by atoms with Gasteiger partial charge in [-0.2, -0.15) is 0 Å². The molecule has 0 amide bonds. The first kappa shape index (κ1) is 11.8. The summed E-state index contributed by atoms with van der Waals surface area (Å²) in [6.07, 6.45) is 1.34. The third-order valence-electron chi connectivity index (χ3n) is 2.22. The molecule has 0 aliphatic rings. The molecular formula is C10H17BrN2O. The lowest BCUT2D eigenvalue weighted by atomic mass is 10.1. The number of rotatable bonds is 3. The smallest absolute Gasteiger partial charge is 0.0953 e. The van der Waals surface area contributed by atoms with E-state index in [0.29, 0.717) is 6.04 Å². The summed E-state index contributed by atoms with van der Waals surface area (Å²) in [5, 5.41) is 9.76. The van der Waals surface area contributed by atoms with Gasteiger partial charge in [0.1, 0.15) is 0 Å². The number of hydrogen-bond donors (Lipinski definition) is 2. The average molecular weight is 261 g/mol. The van der Waals surface area contributed by atoms with E-state index < -0.39 is 6.10 Å². The number of nitrogens with two attached hydrogens (primary N) is 1. The molecule has 0 aromatic carbocycles. The third kappa shape index (κ3) is 2.38. The van der Waals surface area contributed by atoms with Crippen LogP contribution in [0.25, 0.3) is 0 Å². The standard InChI is InChI=1S/C10H17BrN2O/c1-6(2)13-5-8(4-9(13)11)10(14)7(3)12/h4-7,10,14H,12H2,1-3H3. The van der Waals surface area contributed by atoms with E-state index in [4.69, 9.17) is 5.73 Å². The van der Waals surface area contributed by atoms with Crippen LogP contribution in [0.1, 0.15) is 38.5 Å². The van der Waals surface area contributed by atoms with Crippen molar-refractivity contribution in [1.82, 2.24) is 4.57 Å². The van der Waals surface area contributed by atoms with Crippen LogP contribution in [0.5, 0.6) is 0 Å². The molecule has 0 aliphatic heterocycles. The molecule has 0 saturated carbocycles. The Hall–Kier alpha value is -0.320. The molecule has 3 N–H and O–H groups in total. The number of hydrogen-bond acceptors (Lipinski definition) is 2. The molecule has 3 nitrogen and oxygen atoms in total. The second-order valence-corrected chi connectivity index (χ2v) is 4.71. The molecule has 0 aliphatic carbocycles. The van der Waals surface area contributed by atoms with Gasteiger partial charge in [0.25, 0.3) is 0 Å². The minimum absolute atomic E-state index is 0.245. The van der Waals surface area contributed by atoms with E-state index in [9.17, 15) is 5.11 Å². The Labute approximate surface area is 93.0 Å². The third-order valence-corrected chi connectivity index (χ3v) is 2.85. The highest BCUT2D eigenvalue weighted by molar-refractivity contribution is 9.10. The quantitative estimate of drug-likeness (QED) is 0.876. The normalized spacial score (nSPS) is 15.9. The van der Waals surface area contributed by atoms with Crippen molar-refractivity contribution in [2.24, 2.45) is 5.73 Å². The molecule has 0 spiro atoms. The number of aliphatic hydroxyl groups excluding tert-OH is 1. The summed E-state index contributed by atoms with van der Waals surface area (Å²) in [7, 11) is 0. The molecule has 0 bridgehead atoms. The fraction of sp³-hybridized carbons (Fsp3) is 0.600. The molecule has 4 heteroatoms. The summed E-state index contributed by atoms with van der Waals surface area (Å²) in [5.41, 5.74) is 6.49. The first-order valence-corrected chi connectivity index (χ1v) is 5.53. The van der Waals surface area contributed by atoms with Crippen molar-refractivity contribution < 1.29 is 5.11 Å². The molecule has 2 unspecified atom stereocenters. The van der Waals surface area contributed by atoms with Crippen molar-refractivity contribution in [1.29, 1.82) is 0 Å². The van der Waals surface area contributed by atoms with Crippen LogP contribution in [0.4, 0.5) is 0 Å². The molecule has 1 aromatic heterocycles. The highest BCUT2D eigenvalue weighted by Crippen LogP contribution is 2.25. The number of aliphatic hydroxyl groups is 1. The van der Waals surface area contributed by atoms with Gasteiger partial charge in [0.15, 0.2) is 0 Å². The first-order chi connectivity index (χ1) is 6.43. The van der Waals surface area contributed by atoms with Gasteiger partial charge in [-0.25, -0.2) is 0 Å². The monoisotopic (exact) mass is 260 g/mol.